The van der Waals surface area contributed by atoms with E-state index in [1.807, 2.05) is 0 Å². The maximum Gasteiger partial charge on any atom is 0.272 e. The lowest BCUT2D eigenvalue weighted by molar-refractivity contribution is 0.0724. The number of amides is 1. The minimum atomic E-state index is -3.12. The molecule has 26 heavy (non-hydrogen) atoms. The molecule has 1 aromatic heterocycles. The van der Waals surface area contributed by atoms with Crippen LogP contribution in [0.25, 0.3) is 0 Å². The van der Waals surface area contributed by atoms with Crippen molar-refractivity contribution >= 4 is 21.5 Å². The molecule has 2 aliphatic carbocycles. The zero-order chi connectivity index (χ0) is 18.1. The highest BCUT2D eigenvalue weighted by atomic mass is 32.2. The lowest BCUT2D eigenvalue weighted by atomic mass is 10.00. The van der Waals surface area contributed by atoms with Crippen LogP contribution in [0.15, 0.2) is 5.16 Å². The number of carbonyl (C=O) groups excluding carboxylic acids is 1. The van der Waals surface area contributed by atoms with E-state index in [0.29, 0.717) is 51.1 Å². The van der Waals surface area contributed by atoms with Gasteiger partial charge in [-0.3, -0.25) is 9.48 Å². The average molecular weight is 378 g/mol. The zero-order valence-electron chi connectivity index (χ0n) is 14.8. The van der Waals surface area contributed by atoms with Crippen LogP contribution < -0.4 is 0 Å². The van der Waals surface area contributed by atoms with Crippen molar-refractivity contribution in [2.24, 2.45) is 12.2 Å². The van der Waals surface area contributed by atoms with Crippen molar-refractivity contribution in [3.8, 4) is 0 Å². The van der Waals surface area contributed by atoms with Crippen LogP contribution in [-0.2, 0) is 28.1 Å². The highest BCUT2D eigenvalue weighted by molar-refractivity contribution is 7.94. The van der Waals surface area contributed by atoms with Gasteiger partial charge in [0.05, 0.1) is 10.00 Å². The molecule has 0 atom stereocenters. The molecule has 8 nitrogen and oxygen atoms in total. The van der Waals surface area contributed by atoms with E-state index in [2.05, 4.69) is 10.3 Å². The summed E-state index contributed by atoms with van der Waals surface area (Å²) in [6, 6.07) is 0. The summed E-state index contributed by atoms with van der Waals surface area (Å²) in [6.07, 6.45) is 4.27. The maximum absolute atomic E-state index is 13.1. The Kier molecular flexibility index (Phi) is 3.33. The number of carbonyl (C=O) groups is 1. The molecule has 5 rings (SSSR count). The number of hydrogen-bond donors (Lipinski definition) is 0. The number of rotatable bonds is 5. The first-order valence-corrected chi connectivity index (χ1v) is 10.8. The molecule has 1 amide bonds. The average Bonchev–Trinajstić information content (AvgIpc) is 3.52. The van der Waals surface area contributed by atoms with Gasteiger partial charge in [0.15, 0.2) is 9.84 Å². The van der Waals surface area contributed by atoms with Crippen LogP contribution in [0.1, 0.15) is 53.8 Å². The minimum Gasteiger partial charge on any atom is -0.395 e. The van der Waals surface area contributed by atoms with Crippen molar-refractivity contribution in [3.05, 3.63) is 17.0 Å². The van der Waals surface area contributed by atoms with Crippen LogP contribution in [-0.4, -0.2) is 64.4 Å². The highest BCUT2D eigenvalue weighted by Gasteiger charge is 2.60. The van der Waals surface area contributed by atoms with Gasteiger partial charge in [-0.2, -0.15) is 5.10 Å². The first-order valence-electron chi connectivity index (χ1n) is 9.21. The van der Waals surface area contributed by atoms with E-state index < -0.39 is 14.6 Å². The van der Waals surface area contributed by atoms with Gasteiger partial charge in [-0.1, -0.05) is 5.16 Å². The predicted octanol–water partition coefficient (Wildman–Crippen LogP) is 0.653. The van der Waals surface area contributed by atoms with Crippen molar-refractivity contribution < 1.29 is 18.0 Å². The Bertz CT molecular complexity index is 925. The van der Waals surface area contributed by atoms with Crippen LogP contribution in [0.3, 0.4) is 0 Å². The smallest absolute Gasteiger partial charge is 0.272 e. The van der Waals surface area contributed by atoms with Gasteiger partial charge in [0.1, 0.15) is 23.7 Å². The van der Waals surface area contributed by atoms with Crippen LogP contribution in [0.2, 0.25) is 0 Å². The fourth-order valence-electron chi connectivity index (χ4n) is 4.18. The van der Waals surface area contributed by atoms with Gasteiger partial charge in [-0.05, 0) is 32.1 Å². The zero-order valence-corrected chi connectivity index (χ0v) is 15.6. The summed E-state index contributed by atoms with van der Waals surface area (Å²) in [6.45, 7) is 1.39. The third-order valence-electron chi connectivity index (χ3n) is 6.00. The summed E-state index contributed by atoms with van der Waals surface area (Å²) in [5.74, 6) is -0.121. The molecule has 2 saturated carbocycles. The summed E-state index contributed by atoms with van der Waals surface area (Å²) < 4.78 is 26.4. The first kappa shape index (κ1) is 16.3. The van der Waals surface area contributed by atoms with Gasteiger partial charge in [0.2, 0.25) is 0 Å². The summed E-state index contributed by atoms with van der Waals surface area (Å²) >= 11 is 0. The van der Waals surface area contributed by atoms with Gasteiger partial charge >= 0.3 is 0 Å². The van der Waals surface area contributed by atoms with E-state index in [9.17, 15) is 13.2 Å². The number of aromatic nitrogens is 2. The third kappa shape index (κ3) is 2.25. The minimum absolute atomic E-state index is 0.121. The van der Waals surface area contributed by atoms with E-state index in [1.165, 1.54) is 0 Å². The second-order valence-corrected chi connectivity index (χ2v) is 10.4. The Hall–Kier alpha value is -1.90. The molecule has 140 valence electrons. The third-order valence-corrected chi connectivity index (χ3v) is 9.09. The second-order valence-electron chi connectivity index (χ2n) is 7.82. The van der Waals surface area contributed by atoms with Gasteiger partial charge < -0.3 is 9.74 Å². The molecule has 3 heterocycles. The fraction of sp³-hybridized carbons (Fsp3) is 0.706. The van der Waals surface area contributed by atoms with Gasteiger partial charge in [0.25, 0.3) is 5.91 Å². The Morgan fingerprint density at radius 3 is 2.65 bits per heavy atom. The summed E-state index contributed by atoms with van der Waals surface area (Å²) in [5.41, 5.74) is 3.01. The maximum atomic E-state index is 13.1. The molecule has 0 N–H and O–H groups in total. The number of nitrogens with zero attached hydrogens (tertiary/aromatic N) is 4. The fourth-order valence-corrected chi connectivity index (χ4v) is 6.65. The van der Waals surface area contributed by atoms with E-state index in [1.54, 1.807) is 16.6 Å². The molecule has 0 spiro atoms. The van der Waals surface area contributed by atoms with Crippen molar-refractivity contribution in [2.75, 3.05) is 19.7 Å². The lowest BCUT2D eigenvalue weighted by Crippen LogP contribution is -2.46. The van der Waals surface area contributed by atoms with E-state index >= 15 is 0 Å². The molecule has 0 saturated heterocycles. The molecule has 0 radical (unpaired) electrons. The Morgan fingerprint density at radius 2 is 2.04 bits per heavy atom. The summed E-state index contributed by atoms with van der Waals surface area (Å²) in [7, 11) is -1.37. The van der Waals surface area contributed by atoms with Crippen LogP contribution in [0.5, 0.6) is 0 Å². The SMILES string of the molecule is Cn1nc(C2=NOCC2)c2c1C(=O)N(CC1(S(=O)(=O)C3CC3)CC1)CC2. The van der Waals surface area contributed by atoms with Crippen molar-refractivity contribution in [1.82, 2.24) is 14.7 Å². The Morgan fingerprint density at radius 1 is 1.27 bits per heavy atom. The Labute approximate surface area is 152 Å². The molecular weight excluding hydrogens is 356 g/mol. The lowest BCUT2D eigenvalue weighted by Gasteiger charge is -2.31. The van der Waals surface area contributed by atoms with Crippen molar-refractivity contribution in [3.63, 3.8) is 0 Å². The standard InChI is InChI=1S/C17H22N4O4S/c1-20-15-12(14(18-20)13-5-9-25-19-13)4-8-21(16(15)22)10-17(6-7-17)26(23,24)11-2-3-11/h11H,2-10H2,1H3. The largest absolute Gasteiger partial charge is 0.395 e. The topological polar surface area (TPSA) is 93.9 Å². The second kappa shape index (κ2) is 5.31. The quantitative estimate of drug-likeness (QED) is 0.750. The molecule has 0 unspecified atom stereocenters. The van der Waals surface area contributed by atoms with E-state index in [-0.39, 0.29) is 11.2 Å². The van der Waals surface area contributed by atoms with Crippen molar-refractivity contribution in [1.29, 1.82) is 0 Å². The number of fused-ring (bicyclic) bond motifs is 1. The first-order chi connectivity index (χ1) is 12.4. The molecule has 4 aliphatic rings. The summed E-state index contributed by atoms with van der Waals surface area (Å²) in [5, 5.41) is 8.36. The predicted molar refractivity (Wildman–Crippen MR) is 93.8 cm³/mol. The van der Waals surface area contributed by atoms with Crippen LogP contribution in [0, 0.1) is 0 Å². The molecular formula is C17H22N4O4S. The number of sulfone groups is 1. The molecule has 2 aliphatic heterocycles. The Balaban J connectivity index is 1.43. The molecule has 0 aromatic carbocycles. The van der Waals surface area contributed by atoms with Crippen molar-refractivity contribution in [2.45, 2.75) is 48.5 Å². The van der Waals surface area contributed by atoms with E-state index in [0.717, 1.165) is 29.8 Å². The molecule has 9 heteroatoms. The van der Waals surface area contributed by atoms with Gasteiger partial charge in [-0.25, -0.2) is 8.42 Å². The monoisotopic (exact) mass is 378 g/mol. The molecule has 1 aromatic rings. The van der Waals surface area contributed by atoms with Crippen LogP contribution >= 0.6 is 0 Å². The van der Waals surface area contributed by atoms with E-state index in [4.69, 9.17) is 4.84 Å². The normalized spacial score (nSPS) is 24.3. The number of aryl methyl sites for hydroxylation is 1. The molecule has 2 fully saturated rings. The van der Waals surface area contributed by atoms with Gasteiger partial charge in [0, 0.05) is 32.1 Å². The number of hydrogen-bond acceptors (Lipinski definition) is 6. The highest BCUT2D eigenvalue weighted by Crippen LogP contribution is 2.50. The summed E-state index contributed by atoms with van der Waals surface area (Å²) in [4.78, 5) is 19.9. The number of oxime groups is 1. The molecule has 0 bridgehead atoms. The van der Waals surface area contributed by atoms with Crippen LogP contribution in [0.4, 0.5) is 0 Å². The van der Waals surface area contributed by atoms with Gasteiger partial charge in [-0.15, -0.1) is 0 Å².